The minimum Gasteiger partial charge on any atom is -0.507 e. The van der Waals surface area contributed by atoms with Crippen LogP contribution in [0.1, 0.15) is 22.7 Å². The number of nitrogens with zero attached hydrogens (tertiary/aromatic N) is 1. The second-order valence-electron chi connectivity index (χ2n) is 7.63. The van der Waals surface area contributed by atoms with Crippen LogP contribution in [0.5, 0.6) is 0 Å². The maximum atomic E-state index is 13.1. The smallest absolute Gasteiger partial charge is 0.300 e. The summed E-state index contributed by atoms with van der Waals surface area (Å²) < 4.78 is 23.2. The Labute approximate surface area is 195 Å². The summed E-state index contributed by atoms with van der Waals surface area (Å²) in [4.78, 5) is 27.3. The van der Waals surface area contributed by atoms with Gasteiger partial charge in [-0.15, -0.1) is 0 Å². The fraction of sp³-hybridized carbons (Fsp3) is 0.0833. The van der Waals surface area contributed by atoms with Crippen molar-refractivity contribution in [2.75, 3.05) is 4.90 Å². The van der Waals surface area contributed by atoms with Crippen LogP contribution in [0.3, 0.4) is 0 Å². The van der Waals surface area contributed by atoms with Crippen LogP contribution in [0, 0.1) is 6.92 Å². The molecule has 0 radical (unpaired) electrons. The largest absolute Gasteiger partial charge is 0.507 e. The molecule has 1 fully saturated rings. The Morgan fingerprint density at radius 1 is 1.00 bits per heavy atom. The van der Waals surface area contributed by atoms with E-state index < -0.39 is 27.8 Å². The van der Waals surface area contributed by atoms with Crippen molar-refractivity contribution in [1.29, 1.82) is 0 Å². The molecule has 9 heteroatoms. The number of sulfonamides is 1. The predicted molar refractivity (Wildman–Crippen MR) is 125 cm³/mol. The molecular formula is C24H19ClN2O5S. The molecular weight excluding hydrogens is 464 g/mol. The number of hydrogen-bond donors (Lipinski definition) is 2. The molecule has 1 amide bonds. The number of aliphatic hydroxyl groups excluding tert-OH is 1. The number of carbonyl (C=O) groups excluding carboxylic acids is 2. The summed E-state index contributed by atoms with van der Waals surface area (Å²) in [6.07, 6.45) is 0. The van der Waals surface area contributed by atoms with E-state index >= 15 is 0 Å². The molecule has 0 saturated carbocycles. The van der Waals surface area contributed by atoms with Gasteiger partial charge in [0.2, 0.25) is 10.0 Å². The van der Waals surface area contributed by atoms with Gasteiger partial charge >= 0.3 is 0 Å². The zero-order valence-corrected chi connectivity index (χ0v) is 19.0. The van der Waals surface area contributed by atoms with Crippen molar-refractivity contribution in [2.24, 2.45) is 5.14 Å². The minimum absolute atomic E-state index is 0.0957. The summed E-state index contributed by atoms with van der Waals surface area (Å²) in [5, 5.41) is 16.6. The molecule has 3 aromatic carbocycles. The van der Waals surface area contributed by atoms with E-state index in [0.717, 1.165) is 5.56 Å². The van der Waals surface area contributed by atoms with Gasteiger partial charge in [-0.2, -0.15) is 0 Å². The van der Waals surface area contributed by atoms with E-state index in [9.17, 15) is 23.1 Å². The first-order chi connectivity index (χ1) is 15.6. The van der Waals surface area contributed by atoms with E-state index in [-0.39, 0.29) is 21.9 Å². The Bertz CT molecular complexity index is 1400. The lowest BCUT2D eigenvalue weighted by Gasteiger charge is -2.25. The topological polar surface area (TPSA) is 118 Å². The number of amides is 1. The van der Waals surface area contributed by atoms with Gasteiger partial charge in [0, 0.05) is 16.3 Å². The number of hydrogen-bond acceptors (Lipinski definition) is 5. The van der Waals surface area contributed by atoms with Gasteiger partial charge in [0.05, 0.1) is 16.5 Å². The maximum absolute atomic E-state index is 13.1. The van der Waals surface area contributed by atoms with E-state index in [1.54, 1.807) is 48.5 Å². The van der Waals surface area contributed by atoms with Crippen LogP contribution in [-0.4, -0.2) is 25.2 Å². The molecule has 1 aliphatic heterocycles. The van der Waals surface area contributed by atoms with Crippen LogP contribution in [0.15, 0.2) is 83.3 Å². The number of aryl methyl sites for hydroxylation is 1. The van der Waals surface area contributed by atoms with Gasteiger partial charge in [0.25, 0.3) is 11.7 Å². The lowest BCUT2D eigenvalue weighted by Crippen LogP contribution is -2.29. The number of anilines is 1. The van der Waals surface area contributed by atoms with Crippen molar-refractivity contribution < 1.29 is 23.1 Å². The summed E-state index contributed by atoms with van der Waals surface area (Å²) in [5.74, 6) is -2.05. The SMILES string of the molecule is Cc1ccc(C(O)=C2C(=O)C(=O)N(c3ccc(S(N)(=O)=O)cc3)[C@@H]2c2cccc(Cl)c2)cc1. The first-order valence-electron chi connectivity index (χ1n) is 9.84. The van der Waals surface area contributed by atoms with Crippen molar-refractivity contribution in [1.82, 2.24) is 0 Å². The second-order valence-corrected chi connectivity index (χ2v) is 9.63. The molecule has 1 aliphatic rings. The monoisotopic (exact) mass is 482 g/mol. The van der Waals surface area contributed by atoms with E-state index in [4.69, 9.17) is 16.7 Å². The minimum atomic E-state index is -3.94. The highest BCUT2D eigenvalue weighted by molar-refractivity contribution is 7.89. The van der Waals surface area contributed by atoms with Crippen molar-refractivity contribution in [2.45, 2.75) is 17.9 Å². The van der Waals surface area contributed by atoms with Crippen LogP contribution >= 0.6 is 11.6 Å². The van der Waals surface area contributed by atoms with Gasteiger partial charge in [-0.25, -0.2) is 13.6 Å². The van der Waals surface area contributed by atoms with E-state index in [2.05, 4.69) is 0 Å². The highest BCUT2D eigenvalue weighted by Gasteiger charge is 2.47. The third-order valence-electron chi connectivity index (χ3n) is 5.38. The molecule has 1 atom stereocenters. The Morgan fingerprint density at radius 3 is 2.21 bits per heavy atom. The second kappa shape index (κ2) is 8.47. The Balaban J connectivity index is 1.92. The third-order valence-corrected chi connectivity index (χ3v) is 6.54. The molecule has 33 heavy (non-hydrogen) atoms. The molecule has 7 nitrogen and oxygen atoms in total. The highest BCUT2D eigenvalue weighted by Crippen LogP contribution is 2.42. The standard InChI is InChI=1S/C24H19ClN2O5S/c1-14-5-7-15(8-6-14)22(28)20-21(16-3-2-4-17(25)13-16)27(24(30)23(20)29)18-9-11-19(12-10-18)33(26,31)32/h2-13,21,28H,1H3,(H2,26,31,32)/t21-/m1/s1. The van der Waals surface area contributed by atoms with Crippen molar-refractivity contribution in [3.8, 4) is 0 Å². The van der Waals surface area contributed by atoms with Crippen LogP contribution < -0.4 is 10.0 Å². The zero-order valence-electron chi connectivity index (χ0n) is 17.4. The number of rotatable bonds is 4. The van der Waals surface area contributed by atoms with Crippen LogP contribution in [0.4, 0.5) is 5.69 Å². The summed E-state index contributed by atoms with van der Waals surface area (Å²) in [6.45, 7) is 1.89. The fourth-order valence-electron chi connectivity index (χ4n) is 3.75. The number of halogens is 1. The highest BCUT2D eigenvalue weighted by atomic mass is 35.5. The first-order valence-corrected chi connectivity index (χ1v) is 11.8. The van der Waals surface area contributed by atoms with Gasteiger partial charge in [-0.3, -0.25) is 14.5 Å². The lowest BCUT2D eigenvalue weighted by molar-refractivity contribution is -0.132. The predicted octanol–water partition coefficient (Wildman–Crippen LogP) is 3.92. The van der Waals surface area contributed by atoms with Gasteiger partial charge in [0.1, 0.15) is 5.76 Å². The van der Waals surface area contributed by atoms with Crippen molar-refractivity contribution >= 4 is 44.8 Å². The number of aliphatic hydroxyl groups is 1. The van der Waals surface area contributed by atoms with Crippen molar-refractivity contribution in [3.63, 3.8) is 0 Å². The fourth-order valence-corrected chi connectivity index (χ4v) is 4.47. The van der Waals surface area contributed by atoms with Crippen LogP contribution in [-0.2, 0) is 19.6 Å². The molecule has 3 aromatic rings. The van der Waals surface area contributed by atoms with Crippen LogP contribution in [0.25, 0.3) is 5.76 Å². The quantitative estimate of drug-likeness (QED) is 0.332. The molecule has 168 valence electrons. The van der Waals surface area contributed by atoms with Gasteiger partial charge in [-0.05, 0) is 48.9 Å². The normalized spacial score (nSPS) is 18.0. The van der Waals surface area contributed by atoms with E-state index in [0.29, 0.717) is 16.1 Å². The van der Waals surface area contributed by atoms with Gasteiger partial charge < -0.3 is 5.11 Å². The molecule has 1 heterocycles. The average molecular weight is 483 g/mol. The number of Topliss-reactive ketones (excluding diaryl/α,β-unsaturated/α-hetero) is 1. The Kier molecular flexibility index (Phi) is 5.84. The van der Waals surface area contributed by atoms with Gasteiger partial charge in [-0.1, -0.05) is 53.6 Å². The molecule has 3 N–H and O–H groups in total. The van der Waals surface area contributed by atoms with Gasteiger partial charge in [0.15, 0.2) is 0 Å². The van der Waals surface area contributed by atoms with Crippen LogP contribution in [0.2, 0.25) is 5.02 Å². The number of benzene rings is 3. The lowest BCUT2D eigenvalue weighted by atomic mass is 9.95. The Morgan fingerprint density at radius 2 is 1.64 bits per heavy atom. The first kappa shape index (κ1) is 22.7. The van der Waals surface area contributed by atoms with E-state index in [1.807, 2.05) is 6.92 Å². The Hall–Kier alpha value is -3.46. The molecule has 0 unspecified atom stereocenters. The maximum Gasteiger partial charge on any atom is 0.300 e. The summed E-state index contributed by atoms with van der Waals surface area (Å²) in [6, 6.07) is 17.8. The number of nitrogens with two attached hydrogens (primary N) is 1. The molecule has 4 rings (SSSR count). The summed E-state index contributed by atoms with van der Waals surface area (Å²) >= 11 is 6.17. The summed E-state index contributed by atoms with van der Waals surface area (Å²) in [5.41, 5.74) is 2.02. The summed E-state index contributed by atoms with van der Waals surface area (Å²) in [7, 11) is -3.94. The van der Waals surface area contributed by atoms with Crippen molar-refractivity contribution in [3.05, 3.63) is 100 Å². The van der Waals surface area contributed by atoms with E-state index in [1.165, 1.54) is 29.2 Å². The number of carbonyl (C=O) groups is 2. The molecule has 1 saturated heterocycles. The number of ketones is 1. The average Bonchev–Trinajstić information content (AvgIpc) is 3.04. The number of primary sulfonamides is 1. The third kappa shape index (κ3) is 4.28. The molecule has 0 bridgehead atoms. The molecule has 0 aliphatic carbocycles. The zero-order chi connectivity index (χ0) is 23.9. The molecule has 0 spiro atoms. The molecule has 0 aromatic heterocycles.